The number of aromatic nitrogens is 1. The average Bonchev–Trinajstić information content (AvgIpc) is 3.35. The molecular formula is C35H42N4O6. The zero-order chi connectivity index (χ0) is 32.2. The molecule has 0 bridgehead atoms. The Morgan fingerprint density at radius 3 is 2.58 bits per heavy atom. The number of rotatable bonds is 7. The van der Waals surface area contributed by atoms with Crippen LogP contribution in [0.25, 0.3) is 22.0 Å². The van der Waals surface area contributed by atoms with Crippen molar-refractivity contribution in [1.82, 2.24) is 14.4 Å². The van der Waals surface area contributed by atoms with Crippen molar-refractivity contribution < 1.29 is 28.9 Å². The molecule has 0 saturated heterocycles. The number of aryl methyl sites for hydroxylation is 1. The number of fused-ring (bicyclic) bond motifs is 5. The zero-order valence-corrected chi connectivity index (χ0v) is 26.7. The molecule has 0 radical (unpaired) electrons. The molecule has 238 valence electrons. The third kappa shape index (κ3) is 6.34. The number of hydrogen-bond donors (Lipinski definition) is 2. The van der Waals surface area contributed by atoms with Gasteiger partial charge in [0.25, 0.3) is 5.91 Å². The van der Waals surface area contributed by atoms with Gasteiger partial charge in [0.1, 0.15) is 17.2 Å². The van der Waals surface area contributed by atoms with Crippen LogP contribution in [0.3, 0.4) is 0 Å². The van der Waals surface area contributed by atoms with Crippen molar-refractivity contribution in [3.8, 4) is 22.6 Å². The number of urea groups is 1. The molecule has 1 aliphatic heterocycles. The first kappa shape index (κ1) is 31.9. The first-order valence-electron chi connectivity index (χ1n) is 15.1. The minimum atomic E-state index is -0.439. The van der Waals surface area contributed by atoms with Crippen molar-refractivity contribution in [2.75, 3.05) is 46.3 Å². The lowest BCUT2D eigenvalue weighted by Gasteiger charge is -2.35. The van der Waals surface area contributed by atoms with E-state index in [1.54, 1.807) is 42.2 Å². The lowest BCUT2D eigenvalue weighted by atomic mass is 9.96. The fourth-order valence-corrected chi connectivity index (χ4v) is 5.99. The van der Waals surface area contributed by atoms with Crippen molar-refractivity contribution >= 4 is 28.5 Å². The zero-order valence-electron chi connectivity index (χ0n) is 26.7. The van der Waals surface area contributed by atoms with Crippen molar-refractivity contribution in [2.24, 2.45) is 13.0 Å². The van der Waals surface area contributed by atoms with Gasteiger partial charge in [-0.15, -0.1) is 0 Å². The van der Waals surface area contributed by atoms with E-state index in [4.69, 9.17) is 14.2 Å². The number of methoxy groups -OCH3 is 2. The van der Waals surface area contributed by atoms with Gasteiger partial charge in [-0.1, -0.05) is 49.4 Å². The van der Waals surface area contributed by atoms with E-state index in [0.717, 1.165) is 27.6 Å². The van der Waals surface area contributed by atoms with Crippen molar-refractivity contribution in [3.63, 3.8) is 0 Å². The SMILES string of the molecule is COc1ccc(NC(=O)N(C)C[C@@H]2OCc3ccccc3-c3c(n(C)c4ccccc34)C(=O)N([C@@H](C)CO)C[C@H]2C)c(OC)c1. The normalized spacial score (nSPS) is 17.6. The molecule has 1 aliphatic rings. The summed E-state index contributed by atoms with van der Waals surface area (Å²) in [5, 5.41) is 14.1. The summed E-state index contributed by atoms with van der Waals surface area (Å²) in [6.45, 7) is 4.55. The lowest BCUT2D eigenvalue weighted by Crippen LogP contribution is -2.48. The Hall–Kier alpha value is -4.54. The number of nitrogens with zero attached hydrogens (tertiary/aromatic N) is 3. The monoisotopic (exact) mass is 614 g/mol. The van der Waals surface area contributed by atoms with Crippen LogP contribution in [0.5, 0.6) is 11.5 Å². The van der Waals surface area contributed by atoms with Gasteiger partial charge < -0.3 is 39.0 Å². The molecule has 1 aromatic heterocycles. The molecule has 4 aromatic rings. The molecule has 2 heterocycles. The number of aliphatic hydroxyl groups is 1. The Bertz CT molecular complexity index is 1680. The maximum atomic E-state index is 14.5. The second kappa shape index (κ2) is 13.6. The maximum absolute atomic E-state index is 14.5. The number of carbonyl (C=O) groups excluding carboxylic acids is 2. The number of para-hydroxylation sites is 1. The fraction of sp³-hybridized carbons (Fsp3) is 0.371. The third-order valence-corrected chi connectivity index (χ3v) is 8.68. The minimum Gasteiger partial charge on any atom is -0.497 e. The van der Waals surface area contributed by atoms with Gasteiger partial charge in [-0.25, -0.2) is 4.79 Å². The Morgan fingerprint density at radius 2 is 1.84 bits per heavy atom. The standard InChI is InChI=1S/C35H42N4O6/c1-22-18-39(23(2)20-40)34(41)33-32(27-13-9-10-14-29(27)38(33)4)26-12-8-7-11-24(26)21-45-31(22)19-37(3)35(42)36-28-16-15-25(43-5)17-30(28)44-6/h7-17,22-23,31,40H,18-21H2,1-6H3,(H,36,42)/t22-,23+,31+/m1/s1. The number of carbonyl (C=O) groups is 2. The van der Waals surface area contributed by atoms with Crippen molar-refractivity contribution in [3.05, 3.63) is 78.0 Å². The van der Waals surface area contributed by atoms with E-state index in [1.807, 2.05) is 74.0 Å². The molecule has 0 unspecified atom stereocenters. The Kier molecular flexibility index (Phi) is 9.65. The first-order valence-corrected chi connectivity index (χ1v) is 15.1. The van der Waals surface area contributed by atoms with Crippen LogP contribution in [0.15, 0.2) is 66.7 Å². The molecule has 5 rings (SSSR count). The quantitative estimate of drug-likeness (QED) is 0.290. The van der Waals surface area contributed by atoms with Crippen molar-refractivity contribution in [1.29, 1.82) is 0 Å². The highest BCUT2D eigenvalue weighted by Gasteiger charge is 2.34. The predicted molar refractivity (Wildman–Crippen MR) is 175 cm³/mol. The van der Waals surface area contributed by atoms with Gasteiger partial charge in [-0.2, -0.15) is 0 Å². The Labute approximate surface area is 264 Å². The van der Waals surface area contributed by atoms with Crippen LogP contribution in [0.2, 0.25) is 0 Å². The topological polar surface area (TPSA) is 106 Å². The van der Waals surface area contributed by atoms with Crippen LogP contribution in [-0.4, -0.2) is 84.5 Å². The molecular weight excluding hydrogens is 572 g/mol. The van der Waals surface area contributed by atoms with Crippen LogP contribution in [0.4, 0.5) is 10.5 Å². The van der Waals surface area contributed by atoms with Gasteiger partial charge in [0, 0.05) is 55.6 Å². The van der Waals surface area contributed by atoms with Crippen LogP contribution in [-0.2, 0) is 18.4 Å². The maximum Gasteiger partial charge on any atom is 0.321 e. The summed E-state index contributed by atoms with van der Waals surface area (Å²) in [5.74, 6) is 0.748. The predicted octanol–water partition coefficient (Wildman–Crippen LogP) is 5.38. The van der Waals surface area contributed by atoms with E-state index in [9.17, 15) is 14.7 Å². The summed E-state index contributed by atoms with van der Waals surface area (Å²) in [4.78, 5) is 31.2. The summed E-state index contributed by atoms with van der Waals surface area (Å²) >= 11 is 0. The molecule has 2 N–H and O–H groups in total. The van der Waals surface area contributed by atoms with Gasteiger partial charge in [-0.05, 0) is 36.2 Å². The average molecular weight is 615 g/mol. The molecule has 0 fully saturated rings. The molecule has 10 nitrogen and oxygen atoms in total. The Morgan fingerprint density at radius 1 is 1.11 bits per heavy atom. The number of ether oxygens (including phenoxy) is 3. The van der Waals surface area contributed by atoms with E-state index in [0.29, 0.717) is 36.0 Å². The molecule has 3 aromatic carbocycles. The second-order valence-electron chi connectivity index (χ2n) is 11.6. The summed E-state index contributed by atoms with van der Waals surface area (Å²) in [6.07, 6.45) is -0.425. The summed E-state index contributed by atoms with van der Waals surface area (Å²) < 4.78 is 19.3. The fourth-order valence-electron chi connectivity index (χ4n) is 5.99. The number of hydrogen-bond acceptors (Lipinski definition) is 6. The highest BCUT2D eigenvalue weighted by Crippen LogP contribution is 2.38. The number of aliphatic hydroxyl groups excluding tert-OH is 1. The van der Waals surface area contributed by atoms with Crippen LogP contribution in [0.1, 0.15) is 29.9 Å². The Balaban J connectivity index is 1.50. The van der Waals surface area contributed by atoms with Gasteiger partial charge in [0.2, 0.25) is 0 Å². The molecule has 0 spiro atoms. The first-order chi connectivity index (χ1) is 21.7. The summed E-state index contributed by atoms with van der Waals surface area (Å²) in [7, 11) is 6.73. The molecule has 3 amide bonds. The van der Waals surface area contributed by atoms with Gasteiger partial charge in [0.15, 0.2) is 0 Å². The van der Waals surface area contributed by atoms with Gasteiger partial charge in [0.05, 0.1) is 45.3 Å². The van der Waals surface area contributed by atoms with Gasteiger partial charge >= 0.3 is 6.03 Å². The summed E-state index contributed by atoms with van der Waals surface area (Å²) in [5.41, 5.74) is 4.74. The smallest absolute Gasteiger partial charge is 0.321 e. The van der Waals surface area contributed by atoms with Crippen LogP contribution < -0.4 is 14.8 Å². The van der Waals surface area contributed by atoms with Crippen molar-refractivity contribution in [2.45, 2.75) is 32.6 Å². The van der Waals surface area contributed by atoms with Gasteiger partial charge in [-0.3, -0.25) is 4.79 Å². The number of amides is 3. The number of likely N-dealkylation sites (N-methyl/N-ethyl adjacent to an activating group) is 1. The van der Waals surface area contributed by atoms with E-state index in [2.05, 4.69) is 5.32 Å². The largest absolute Gasteiger partial charge is 0.497 e. The lowest BCUT2D eigenvalue weighted by molar-refractivity contribution is -0.0179. The molecule has 0 saturated carbocycles. The highest BCUT2D eigenvalue weighted by molar-refractivity contribution is 6.10. The molecule has 10 heteroatoms. The second-order valence-corrected chi connectivity index (χ2v) is 11.6. The number of anilines is 1. The highest BCUT2D eigenvalue weighted by atomic mass is 16.5. The van der Waals surface area contributed by atoms with E-state index in [-0.39, 0.29) is 31.0 Å². The number of nitrogens with one attached hydrogen (secondary N) is 1. The van der Waals surface area contributed by atoms with Crippen LogP contribution in [0, 0.1) is 5.92 Å². The van der Waals surface area contributed by atoms with E-state index in [1.165, 1.54) is 7.11 Å². The van der Waals surface area contributed by atoms with Crippen LogP contribution >= 0.6 is 0 Å². The number of benzene rings is 3. The molecule has 3 atom stereocenters. The third-order valence-electron chi connectivity index (χ3n) is 8.68. The minimum absolute atomic E-state index is 0.162. The molecule has 45 heavy (non-hydrogen) atoms. The summed E-state index contributed by atoms with van der Waals surface area (Å²) in [6, 6.07) is 20.4. The van der Waals surface area contributed by atoms with E-state index >= 15 is 0 Å². The van der Waals surface area contributed by atoms with E-state index < -0.39 is 12.1 Å². The molecule has 0 aliphatic carbocycles.